The second kappa shape index (κ2) is 5.02. The molecule has 106 valence electrons. The molecule has 1 amide bonds. The van der Waals surface area contributed by atoms with Gasteiger partial charge in [0.05, 0.1) is 5.69 Å². The Morgan fingerprint density at radius 3 is 2.50 bits per heavy atom. The summed E-state index contributed by atoms with van der Waals surface area (Å²) in [5.74, 6) is -2.94. The fourth-order valence-electron chi connectivity index (χ4n) is 1.37. The van der Waals surface area contributed by atoms with Crippen LogP contribution >= 0.6 is 0 Å². The van der Waals surface area contributed by atoms with E-state index in [0.717, 1.165) is 30.3 Å². The number of nitrogens with one attached hydrogen (secondary N) is 1. The Morgan fingerprint density at radius 1 is 1.20 bits per heavy atom. The summed E-state index contributed by atoms with van der Waals surface area (Å²) >= 11 is 0. The van der Waals surface area contributed by atoms with Crippen LogP contribution < -0.4 is 10.5 Å². The van der Waals surface area contributed by atoms with E-state index >= 15 is 0 Å². The number of hydrogen-bond acceptors (Lipinski definition) is 4. The van der Waals surface area contributed by atoms with Crippen LogP contribution in [0.5, 0.6) is 0 Å². The van der Waals surface area contributed by atoms with Crippen LogP contribution in [0.15, 0.2) is 39.8 Å². The summed E-state index contributed by atoms with van der Waals surface area (Å²) in [5.41, 5.74) is -0.399. The molecule has 3 N–H and O–H groups in total. The lowest BCUT2D eigenvalue weighted by molar-refractivity contribution is 0.0991. The molecule has 9 heteroatoms. The molecule has 0 saturated carbocycles. The van der Waals surface area contributed by atoms with E-state index in [2.05, 4.69) is 0 Å². The zero-order chi connectivity index (χ0) is 14.9. The van der Waals surface area contributed by atoms with Crippen LogP contribution in [-0.2, 0) is 10.0 Å². The maximum absolute atomic E-state index is 13.3. The van der Waals surface area contributed by atoms with E-state index < -0.39 is 44.1 Å². The molecule has 0 bridgehead atoms. The number of rotatable bonds is 3. The first-order valence-corrected chi connectivity index (χ1v) is 6.71. The Bertz CT molecular complexity index is 770. The number of anilines is 1. The fraction of sp³-hybridized carbons (Fsp3) is 0. The van der Waals surface area contributed by atoms with Crippen LogP contribution in [0, 0.1) is 11.6 Å². The van der Waals surface area contributed by atoms with Crippen LogP contribution in [0.2, 0.25) is 0 Å². The standard InChI is InChI=1S/C11H8F2N2O4S/c12-6-1-2-7(13)8(5-6)15-11(16)9-3-4-10(19-9)20(14,17)18/h1-5H,(H,15,16)(H2,14,17,18). The van der Waals surface area contributed by atoms with Crippen molar-refractivity contribution in [2.24, 2.45) is 5.14 Å². The van der Waals surface area contributed by atoms with E-state index in [1.54, 1.807) is 0 Å². The van der Waals surface area contributed by atoms with E-state index in [0.29, 0.717) is 0 Å². The number of benzene rings is 1. The van der Waals surface area contributed by atoms with Gasteiger partial charge in [-0.1, -0.05) is 0 Å². The van der Waals surface area contributed by atoms with Crippen molar-refractivity contribution in [1.82, 2.24) is 0 Å². The van der Waals surface area contributed by atoms with Crippen LogP contribution in [0.4, 0.5) is 14.5 Å². The largest absolute Gasteiger partial charge is 0.438 e. The molecular weight excluding hydrogens is 294 g/mol. The topological polar surface area (TPSA) is 102 Å². The van der Waals surface area contributed by atoms with E-state index in [1.165, 1.54) is 0 Å². The number of carbonyl (C=O) groups is 1. The van der Waals surface area contributed by atoms with Crippen molar-refractivity contribution in [3.63, 3.8) is 0 Å². The van der Waals surface area contributed by atoms with Gasteiger partial charge in [-0.15, -0.1) is 0 Å². The maximum atomic E-state index is 13.3. The maximum Gasteiger partial charge on any atom is 0.291 e. The minimum Gasteiger partial charge on any atom is -0.438 e. The second-order valence-electron chi connectivity index (χ2n) is 3.74. The summed E-state index contributed by atoms with van der Waals surface area (Å²) in [6, 6.07) is 4.52. The molecule has 2 aromatic rings. The molecule has 0 saturated heterocycles. The quantitative estimate of drug-likeness (QED) is 0.895. The summed E-state index contributed by atoms with van der Waals surface area (Å²) in [7, 11) is -4.08. The Kier molecular flexibility index (Phi) is 3.55. The molecule has 20 heavy (non-hydrogen) atoms. The van der Waals surface area contributed by atoms with Gasteiger partial charge in [0.25, 0.3) is 15.9 Å². The van der Waals surface area contributed by atoms with Crippen molar-refractivity contribution < 1.29 is 26.4 Å². The molecule has 0 spiro atoms. The number of sulfonamides is 1. The first kappa shape index (κ1) is 14.2. The molecule has 0 atom stereocenters. The lowest BCUT2D eigenvalue weighted by Gasteiger charge is -2.04. The van der Waals surface area contributed by atoms with Crippen molar-refractivity contribution in [1.29, 1.82) is 0 Å². The average molecular weight is 302 g/mol. The van der Waals surface area contributed by atoms with Gasteiger partial charge >= 0.3 is 0 Å². The van der Waals surface area contributed by atoms with Gasteiger partial charge in [-0.05, 0) is 24.3 Å². The Hall–Kier alpha value is -2.26. The third-order valence-corrected chi connectivity index (χ3v) is 3.04. The summed E-state index contributed by atoms with van der Waals surface area (Å²) < 4.78 is 52.9. The third kappa shape index (κ3) is 3.00. The Balaban J connectivity index is 2.24. The first-order chi connectivity index (χ1) is 9.27. The minimum atomic E-state index is -4.08. The molecule has 0 aliphatic carbocycles. The number of amides is 1. The van der Waals surface area contributed by atoms with Gasteiger partial charge in [0, 0.05) is 6.07 Å². The zero-order valence-electron chi connectivity index (χ0n) is 9.76. The molecule has 2 rings (SSSR count). The molecular formula is C11H8F2N2O4S. The van der Waals surface area contributed by atoms with Gasteiger partial charge in [-0.2, -0.15) is 0 Å². The number of carbonyl (C=O) groups excluding carboxylic acids is 1. The predicted molar refractivity (Wildman–Crippen MR) is 64.4 cm³/mol. The van der Waals surface area contributed by atoms with Gasteiger partial charge in [-0.25, -0.2) is 22.3 Å². The number of hydrogen-bond donors (Lipinski definition) is 2. The molecule has 0 aliphatic rings. The number of nitrogens with two attached hydrogens (primary N) is 1. The van der Waals surface area contributed by atoms with Crippen LogP contribution in [0.3, 0.4) is 0 Å². The van der Waals surface area contributed by atoms with Crippen molar-refractivity contribution in [3.05, 3.63) is 47.7 Å². The van der Waals surface area contributed by atoms with Crippen molar-refractivity contribution >= 4 is 21.6 Å². The number of furan rings is 1. The molecule has 1 aromatic heterocycles. The highest BCUT2D eigenvalue weighted by Crippen LogP contribution is 2.18. The molecule has 0 unspecified atom stereocenters. The van der Waals surface area contributed by atoms with Gasteiger partial charge < -0.3 is 9.73 Å². The lowest BCUT2D eigenvalue weighted by Crippen LogP contribution is -2.13. The van der Waals surface area contributed by atoms with E-state index in [1.807, 2.05) is 5.32 Å². The molecule has 0 fully saturated rings. The predicted octanol–water partition coefficient (Wildman–Crippen LogP) is 1.46. The summed E-state index contributed by atoms with van der Waals surface area (Å²) in [4.78, 5) is 11.7. The van der Waals surface area contributed by atoms with Crippen molar-refractivity contribution in [2.75, 3.05) is 5.32 Å². The van der Waals surface area contributed by atoms with Crippen molar-refractivity contribution in [3.8, 4) is 0 Å². The van der Waals surface area contributed by atoms with Crippen LogP contribution in [0.25, 0.3) is 0 Å². The van der Waals surface area contributed by atoms with Crippen LogP contribution in [0.1, 0.15) is 10.6 Å². The number of halogens is 2. The summed E-state index contributed by atoms with van der Waals surface area (Å²) in [5, 5.41) is 6.24. The molecule has 6 nitrogen and oxygen atoms in total. The van der Waals surface area contributed by atoms with Gasteiger partial charge in [-0.3, -0.25) is 4.79 Å². The Labute approximate surface area is 112 Å². The minimum absolute atomic E-state index is 0.399. The van der Waals surface area contributed by atoms with Crippen LogP contribution in [-0.4, -0.2) is 14.3 Å². The van der Waals surface area contributed by atoms with Gasteiger partial charge in [0.2, 0.25) is 5.09 Å². The SMILES string of the molecule is NS(=O)(=O)c1ccc(C(=O)Nc2cc(F)ccc2F)o1. The average Bonchev–Trinajstić information content (AvgIpc) is 2.83. The number of primary sulfonamides is 1. The molecule has 0 radical (unpaired) electrons. The highest BCUT2D eigenvalue weighted by molar-refractivity contribution is 7.89. The third-order valence-electron chi connectivity index (χ3n) is 2.26. The van der Waals surface area contributed by atoms with Crippen molar-refractivity contribution in [2.45, 2.75) is 5.09 Å². The van der Waals surface area contributed by atoms with E-state index in [9.17, 15) is 22.0 Å². The summed E-state index contributed by atoms with van der Waals surface area (Å²) in [6.45, 7) is 0. The molecule has 1 aromatic carbocycles. The Morgan fingerprint density at radius 2 is 1.90 bits per heavy atom. The second-order valence-corrected chi connectivity index (χ2v) is 5.23. The highest BCUT2D eigenvalue weighted by atomic mass is 32.2. The van der Waals surface area contributed by atoms with Gasteiger partial charge in [0.1, 0.15) is 11.6 Å². The molecule has 0 aliphatic heterocycles. The zero-order valence-corrected chi connectivity index (χ0v) is 10.6. The smallest absolute Gasteiger partial charge is 0.291 e. The monoisotopic (exact) mass is 302 g/mol. The summed E-state index contributed by atoms with van der Waals surface area (Å²) in [6.07, 6.45) is 0. The highest BCUT2D eigenvalue weighted by Gasteiger charge is 2.18. The first-order valence-electron chi connectivity index (χ1n) is 5.16. The normalized spacial score (nSPS) is 11.3. The molecule has 1 heterocycles. The van der Waals surface area contributed by atoms with E-state index in [4.69, 9.17) is 9.56 Å². The van der Waals surface area contributed by atoms with Gasteiger partial charge in [0.15, 0.2) is 5.76 Å². The fourth-order valence-corrected chi connectivity index (χ4v) is 1.84. The van der Waals surface area contributed by atoms with E-state index in [-0.39, 0.29) is 0 Å². The lowest BCUT2D eigenvalue weighted by atomic mass is 10.3.